The number of piperidine rings is 1. The van der Waals surface area contributed by atoms with E-state index in [0.717, 1.165) is 24.0 Å². The molecule has 1 N–H and O–H groups in total. The largest absolute Gasteiger partial charge is 0.469 e. The Labute approximate surface area is 186 Å². The third-order valence-electron chi connectivity index (χ3n) is 6.37. The summed E-state index contributed by atoms with van der Waals surface area (Å²) in [4.78, 5) is 25.7. The molecule has 2 aliphatic rings. The average Bonchev–Trinajstić information content (AvgIpc) is 3.54. The van der Waals surface area contributed by atoms with Gasteiger partial charge in [-0.15, -0.1) is 0 Å². The molecule has 3 atom stereocenters. The second-order valence-electron chi connectivity index (χ2n) is 8.55. The van der Waals surface area contributed by atoms with Crippen molar-refractivity contribution in [3.63, 3.8) is 0 Å². The second-order valence-corrected chi connectivity index (χ2v) is 9.42. The first-order chi connectivity index (χ1) is 14.4. The van der Waals surface area contributed by atoms with E-state index in [9.17, 15) is 9.59 Å². The van der Waals surface area contributed by atoms with Crippen molar-refractivity contribution in [2.24, 2.45) is 11.3 Å². The Kier molecular flexibility index (Phi) is 6.08. The van der Waals surface area contributed by atoms with Crippen molar-refractivity contribution in [1.82, 2.24) is 5.32 Å². The highest BCUT2D eigenvalue weighted by atomic mass is 35.5. The molecule has 4 nitrogen and oxygen atoms in total. The zero-order chi connectivity index (χ0) is 21.3. The molecule has 0 radical (unpaired) electrons. The first kappa shape index (κ1) is 21.2. The van der Waals surface area contributed by atoms with E-state index in [1.807, 2.05) is 48.5 Å². The maximum absolute atomic E-state index is 13.5. The molecule has 2 aromatic rings. The van der Waals surface area contributed by atoms with Crippen LogP contribution in [0.2, 0.25) is 10.0 Å². The van der Waals surface area contributed by atoms with Crippen LogP contribution < -0.4 is 5.32 Å². The van der Waals surface area contributed by atoms with Crippen molar-refractivity contribution >= 4 is 35.1 Å². The Bertz CT molecular complexity index is 942. The van der Waals surface area contributed by atoms with E-state index in [2.05, 4.69) is 5.32 Å². The number of methoxy groups -OCH3 is 1. The normalized spacial score (nSPS) is 26.2. The number of rotatable bonds is 6. The van der Waals surface area contributed by atoms with Crippen LogP contribution in [0, 0.1) is 11.3 Å². The summed E-state index contributed by atoms with van der Waals surface area (Å²) in [6.45, 7) is 0. The topological polar surface area (TPSA) is 55.4 Å². The molecule has 1 amide bonds. The summed E-state index contributed by atoms with van der Waals surface area (Å²) >= 11 is 12.4. The minimum Gasteiger partial charge on any atom is -0.469 e. The summed E-state index contributed by atoms with van der Waals surface area (Å²) in [7, 11) is 1.37. The molecule has 6 heteroatoms. The van der Waals surface area contributed by atoms with Crippen LogP contribution in [-0.4, -0.2) is 19.0 Å². The fourth-order valence-electron chi connectivity index (χ4n) is 4.68. The van der Waals surface area contributed by atoms with Crippen LogP contribution in [0.5, 0.6) is 0 Å². The van der Waals surface area contributed by atoms with E-state index in [0.29, 0.717) is 28.8 Å². The van der Waals surface area contributed by atoms with Gasteiger partial charge in [0.25, 0.3) is 0 Å². The zero-order valence-electron chi connectivity index (χ0n) is 16.9. The fraction of sp³-hybridized carbons (Fsp3) is 0.417. The summed E-state index contributed by atoms with van der Waals surface area (Å²) in [5.74, 6) is 0.0529. The van der Waals surface area contributed by atoms with E-state index < -0.39 is 5.41 Å². The van der Waals surface area contributed by atoms with Crippen LogP contribution in [0.15, 0.2) is 48.5 Å². The van der Waals surface area contributed by atoms with E-state index in [1.165, 1.54) is 7.11 Å². The number of carbonyl (C=O) groups excluding carboxylic acids is 2. The first-order valence-corrected chi connectivity index (χ1v) is 11.0. The van der Waals surface area contributed by atoms with Gasteiger partial charge in [0.05, 0.1) is 25.0 Å². The van der Waals surface area contributed by atoms with E-state index >= 15 is 0 Å². The van der Waals surface area contributed by atoms with Gasteiger partial charge in [0.15, 0.2) is 0 Å². The molecule has 4 rings (SSSR count). The Hall–Kier alpha value is -2.04. The summed E-state index contributed by atoms with van der Waals surface area (Å²) in [5.41, 5.74) is 1.26. The molecule has 0 unspecified atom stereocenters. The molecule has 158 valence electrons. The van der Waals surface area contributed by atoms with Gasteiger partial charge >= 0.3 is 5.97 Å². The zero-order valence-corrected chi connectivity index (χ0v) is 18.4. The van der Waals surface area contributed by atoms with Gasteiger partial charge in [-0.25, -0.2) is 0 Å². The Morgan fingerprint density at radius 3 is 2.47 bits per heavy atom. The molecule has 1 aliphatic carbocycles. The van der Waals surface area contributed by atoms with Crippen molar-refractivity contribution in [2.45, 2.75) is 44.1 Å². The van der Waals surface area contributed by atoms with Crippen molar-refractivity contribution < 1.29 is 14.3 Å². The van der Waals surface area contributed by atoms with Gasteiger partial charge in [0.2, 0.25) is 5.91 Å². The molecule has 0 spiro atoms. The number of hydrogen-bond donors (Lipinski definition) is 1. The Morgan fingerprint density at radius 1 is 1.10 bits per heavy atom. The lowest BCUT2D eigenvalue weighted by Gasteiger charge is -2.44. The van der Waals surface area contributed by atoms with Crippen LogP contribution >= 0.6 is 23.2 Å². The fourth-order valence-corrected chi connectivity index (χ4v) is 5.01. The molecule has 0 bridgehead atoms. The van der Waals surface area contributed by atoms with Crippen molar-refractivity contribution in [1.29, 1.82) is 0 Å². The smallest absolute Gasteiger partial charge is 0.306 e. The lowest BCUT2D eigenvalue weighted by atomic mass is 9.65. The number of halogens is 2. The highest BCUT2D eigenvalue weighted by Gasteiger charge is 2.51. The van der Waals surface area contributed by atoms with Crippen LogP contribution in [-0.2, 0) is 14.3 Å². The van der Waals surface area contributed by atoms with Gasteiger partial charge in [0.1, 0.15) is 0 Å². The summed E-state index contributed by atoms with van der Waals surface area (Å²) < 4.78 is 4.96. The number of nitrogens with one attached hydrogen (secondary N) is 1. The first-order valence-electron chi connectivity index (χ1n) is 10.3. The monoisotopic (exact) mass is 445 g/mol. The van der Waals surface area contributed by atoms with Gasteiger partial charge in [-0.05, 0) is 54.2 Å². The lowest BCUT2D eigenvalue weighted by Crippen LogP contribution is -2.51. The van der Waals surface area contributed by atoms with E-state index in [1.54, 1.807) is 0 Å². The highest BCUT2D eigenvalue weighted by molar-refractivity contribution is 6.30. The number of carbonyl (C=O) groups is 2. The lowest BCUT2D eigenvalue weighted by molar-refractivity contribution is -0.151. The maximum atomic E-state index is 13.5. The molecule has 2 aromatic carbocycles. The van der Waals surface area contributed by atoms with Gasteiger partial charge in [-0.1, -0.05) is 60.3 Å². The number of amides is 1. The summed E-state index contributed by atoms with van der Waals surface area (Å²) in [6, 6.07) is 15.1. The minimum atomic E-state index is -0.774. The van der Waals surface area contributed by atoms with Crippen molar-refractivity contribution in [3.8, 4) is 0 Å². The number of esters is 1. The van der Waals surface area contributed by atoms with E-state index in [-0.39, 0.29) is 30.3 Å². The SMILES string of the molecule is COC(=O)C[C@@]1(CC2CC2)C[C@H](c2cccc(Cl)c2)[C@@H](c2ccc(Cl)cc2)NC1=O. The summed E-state index contributed by atoms with van der Waals surface area (Å²) in [6.07, 6.45) is 3.59. The average molecular weight is 446 g/mol. The predicted octanol–water partition coefficient (Wildman–Crippen LogP) is 5.69. The van der Waals surface area contributed by atoms with Crippen LogP contribution in [0.1, 0.15) is 55.2 Å². The quantitative estimate of drug-likeness (QED) is 0.581. The van der Waals surface area contributed by atoms with Gasteiger partial charge in [-0.2, -0.15) is 0 Å². The third kappa shape index (κ3) is 4.50. The van der Waals surface area contributed by atoms with Crippen molar-refractivity contribution in [2.75, 3.05) is 7.11 Å². The van der Waals surface area contributed by atoms with Gasteiger partial charge in [-0.3, -0.25) is 9.59 Å². The highest BCUT2D eigenvalue weighted by Crippen LogP contribution is 2.52. The minimum absolute atomic E-state index is 0.0222. The summed E-state index contributed by atoms with van der Waals surface area (Å²) in [5, 5.41) is 4.54. The Morgan fingerprint density at radius 2 is 1.83 bits per heavy atom. The standard InChI is InChI=1S/C24H25Cl2NO3/c1-30-21(28)14-24(12-15-5-6-15)13-20(17-3-2-4-19(26)11-17)22(27-23(24)29)16-7-9-18(25)10-8-16/h2-4,7-11,15,20,22H,5-6,12-14H2,1H3,(H,27,29)/t20-,22-,24-/m1/s1. The number of hydrogen-bond acceptors (Lipinski definition) is 3. The molecule has 30 heavy (non-hydrogen) atoms. The maximum Gasteiger partial charge on any atom is 0.306 e. The predicted molar refractivity (Wildman–Crippen MR) is 118 cm³/mol. The molecule has 0 aromatic heterocycles. The number of benzene rings is 2. The van der Waals surface area contributed by atoms with Crippen molar-refractivity contribution in [3.05, 3.63) is 69.7 Å². The van der Waals surface area contributed by atoms with E-state index in [4.69, 9.17) is 27.9 Å². The number of ether oxygens (including phenoxy) is 1. The molecule has 2 fully saturated rings. The van der Waals surface area contributed by atoms with Crippen LogP contribution in [0.4, 0.5) is 0 Å². The molecule has 1 heterocycles. The Balaban J connectivity index is 1.75. The molecule has 1 saturated carbocycles. The van der Waals surface area contributed by atoms with Gasteiger partial charge < -0.3 is 10.1 Å². The molecular weight excluding hydrogens is 421 g/mol. The second kappa shape index (κ2) is 8.60. The van der Waals surface area contributed by atoms with Crippen LogP contribution in [0.25, 0.3) is 0 Å². The molecule has 1 aliphatic heterocycles. The third-order valence-corrected chi connectivity index (χ3v) is 6.86. The molecule has 1 saturated heterocycles. The molecular formula is C24H25Cl2NO3. The van der Waals surface area contributed by atoms with Gasteiger partial charge in [0, 0.05) is 16.0 Å². The van der Waals surface area contributed by atoms with Crippen LogP contribution in [0.3, 0.4) is 0 Å².